The Balaban J connectivity index is 0.00000225. The Kier molecular flexibility index (Phi) is 6.43. The molecule has 9 heteroatoms. The van der Waals surface area contributed by atoms with Gasteiger partial charge in [-0.25, -0.2) is 9.67 Å². The van der Waals surface area contributed by atoms with Gasteiger partial charge in [0.2, 0.25) is 0 Å². The molecule has 0 aliphatic carbocycles. The van der Waals surface area contributed by atoms with Crippen molar-refractivity contribution in [2.24, 2.45) is 0 Å². The van der Waals surface area contributed by atoms with E-state index in [9.17, 15) is 4.79 Å². The summed E-state index contributed by atoms with van der Waals surface area (Å²) in [6.07, 6.45) is 3.72. The Morgan fingerprint density at radius 3 is 2.64 bits per heavy atom. The second-order valence-corrected chi connectivity index (χ2v) is 8.01. The Labute approximate surface area is 174 Å². The van der Waals surface area contributed by atoms with Crippen molar-refractivity contribution in [3.63, 3.8) is 0 Å². The highest BCUT2D eigenvalue weighted by Gasteiger charge is 2.20. The van der Waals surface area contributed by atoms with E-state index in [1.807, 2.05) is 19.1 Å². The number of rotatable bonds is 4. The number of carbonyl (C=O) groups is 1. The average Bonchev–Trinajstić information content (AvgIpc) is 3.30. The number of aryl methyl sites for hydroxylation is 2. The summed E-state index contributed by atoms with van der Waals surface area (Å²) in [5.74, 6) is -0.278. The number of halogens is 1. The van der Waals surface area contributed by atoms with Crippen LogP contribution in [0.15, 0.2) is 30.5 Å². The molecule has 0 saturated carbocycles. The van der Waals surface area contributed by atoms with Gasteiger partial charge in [0, 0.05) is 10.4 Å². The molecule has 1 saturated heterocycles. The molecule has 1 aliphatic heterocycles. The van der Waals surface area contributed by atoms with Crippen molar-refractivity contribution in [3.8, 4) is 11.3 Å². The molecule has 7 nitrogen and oxygen atoms in total. The molecule has 2 aromatic heterocycles. The third-order valence-electron chi connectivity index (χ3n) is 4.77. The monoisotopic (exact) mass is 418 g/mol. The molecule has 1 amide bonds. The predicted octanol–water partition coefficient (Wildman–Crippen LogP) is 3.62. The summed E-state index contributed by atoms with van der Waals surface area (Å²) in [4.78, 5) is 18.2. The number of piperidine rings is 1. The van der Waals surface area contributed by atoms with Crippen LogP contribution in [0.3, 0.4) is 0 Å². The molecule has 4 rings (SSSR count). The van der Waals surface area contributed by atoms with Crippen molar-refractivity contribution < 1.29 is 4.79 Å². The van der Waals surface area contributed by atoms with Gasteiger partial charge < -0.3 is 5.32 Å². The smallest absolute Gasteiger partial charge is 0.279 e. The first-order valence-electron chi connectivity index (χ1n) is 9.08. The molecule has 0 radical (unpaired) electrons. The normalized spacial score (nSPS) is 14.5. The summed E-state index contributed by atoms with van der Waals surface area (Å²) in [5, 5.41) is 14.9. The van der Waals surface area contributed by atoms with Crippen LogP contribution in [0, 0.1) is 13.8 Å². The van der Waals surface area contributed by atoms with Gasteiger partial charge >= 0.3 is 0 Å². The number of nitrogens with one attached hydrogen (secondary N) is 2. The van der Waals surface area contributed by atoms with Gasteiger partial charge in [-0.1, -0.05) is 35.0 Å². The van der Waals surface area contributed by atoms with Gasteiger partial charge in [-0.15, -0.1) is 28.8 Å². The molecule has 0 atom stereocenters. The van der Waals surface area contributed by atoms with Gasteiger partial charge in [-0.3, -0.25) is 10.1 Å². The van der Waals surface area contributed by atoms with Crippen LogP contribution in [-0.2, 0) is 0 Å². The van der Waals surface area contributed by atoms with Gasteiger partial charge in [0.25, 0.3) is 5.91 Å². The van der Waals surface area contributed by atoms with E-state index in [1.54, 1.807) is 10.9 Å². The molecule has 0 spiro atoms. The summed E-state index contributed by atoms with van der Waals surface area (Å²) in [7, 11) is 0. The topological polar surface area (TPSA) is 84.7 Å². The molecule has 1 aliphatic rings. The zero-order valence-electron chi connectivity index (χ0n) is 15.8. The summed E-state index contributed by atoms with van der Waals surface area (Å²) >= 11 is 1.46. The molecular weight excluding hydrogens is 396 g/mol. The van der Waals surface area contributed by atoms with Crippen LogP contribution in [0.2, 0.25) is 0 Å². The predicted molar refractivity (Wildman–Crippen MR) is 113 cm³/mol. The number of nitrogens with zero attached hydrogens (tertiary/aromatic N) is 4. The van der Waals surface area contributed by atoms with Crippen LogP contribution >= 0.6 is 23.7 Å². The Morgan fingerprint density at radius 2 is 1.93 bits per heavy atom. The number of benzene rings is 1. The van der Waals surface area contributed by atoms with E-state index in [2.05, 4.69) is 45.0 Å². The van der Waals surface area contributed by atoms with Crippen LogP contribution in [-0.4, -0.2) is 39.0 Å². The van der Waals surface area contributed by atoms with Crippen molar-refractivity contribution in [2.45, 2.75) is 32.7 Å². The zero-order chi connectivity index (χ0) is 18.8. The fraction of sp³-hybridized carbons (Fsp3) is 0.368. The third-order valence-corrected chi connectivity index (χ3v) is 5.65. The Bertz CT molecular complexity index is 946. The minimum Gasteiger partial charge on any atom is -0.317 e. The fourth-order valence-electron chi connectivity index (χ4n) is 3.22. The molecule has 148 valence electrons. The van der Waals surface area contributed by atoms with E-state index in [4.69, 9.17) is 0 Å². The van der Waals surface area contributed by atoms with Gasteiger partial charge in [-0.2, -0.15) is 0 Å². The second kappa shape index (κ2) is 8.81. The molecule has 0 bridgehead atoms. The van der Waals surface area contributed by atoms with Crippen molar-refractivity contribution >= 4 is 34.8 Å². The number of hydrogen-bond acceptors (Lipinski definition) is 6. The van der Waals surface area contributed by atoms with Crippen LogP contribution in [0.1, 0.15) is 39.8 Å². The highest BCUT2D eigenvalue weighted by atomic mass is 35.5. The van der Waals surface area contributed by atoms with Crippen LogP contribution < -0.4 is 10.6 Å². The first kappa shape index (κ1) is 20.4. The lowest BCUT2D eigenvalue weighted by Crippen LogP contribution is -2.29. The van der Waals surface area contributed by atoms with E-state index in [-0.39, 0.29) is 18.3 Å². The summed E-state index contributed by atoms with van der Waals surface area (Å²) in [6.45, 7) is 5.99. The lowest BCUT2D eigenvalue weighted by atomic mass is 10.1. The van der Waals surface area contributed by atoms with Crippen LogP contribution in [0.5, 0.6) is 0 Å². The highest BCUT2D eigenvalue weighted by Crippen LogP contribution is 2.30. The maximum Gasteiger partial charge on any atom is 0.279 e. The van der Waals surface area contributed by atoms with E-state index >= 15 is 0 Å². The number of anilines is 1. The molecule has 0 unspecified atom stereocenters. The zero-order valence-corrected chi connectivity index (χ0v) is 17.4. The largest absolute Gasteiger partial charge is 0.317 e. The molecule has 28 heavy (non-hydrogen) atoms. The number of aromatic nitrogens is 4. The van der Waals surface area contributed by atoms with Gasteiger partial charge in [0.05, 0.1) is 17.9 Å². The van der Waals surface area contributed by atoms with Gasteiger partial charge in [0.15, 0.2) is 10.8 Å². The lowest BCUT2D eigenvalue weighted by molar-refractivity contribution is 0.102. The van der Waals surface area contributed by atoms with Crippen molar-refractivity contribution in [2.75, 3.05) is 18.4 Å². The molecule has 3 aromatic rings. The molecular formula is C19H23ClN6OS. The first-order valence-corrected chi connectivity index (χ1v) is 9.90. The standard InChI is InChI=1S/C19H22N6OS.ClH/c1-12-3-5-14(6-4-12)17-13(2)27-19(21-17)22-18(26)16-11-25(24-23-16)15-7-9-20-10-8-15;/h3-6,11,15,20H,7-10H2,1-2H3,(H,21,22,26);1H. The van der Waals surface area contributed by atoms with Gasteiger partial charge in [-0.05, 0) is 39.8 Å². The summed E-state index contributed by atoms with van der Waals surface area (Å²) < 4.78 is 1.81. The average molecular weight is 419 g/mol. The molecule has 2 N–H and O–H groups in total. The molecule has 1 fully saturated rings. The van der Waals surface area contributed by atoms with E-state index in [1.165, 1.54) is 16.9 Å². The number of amides is 1. The molecule has 3 heterocycles. The van der Waals surface area contributed by atoms with Crippen molar-refractivity contribution in [1.29, 1.82) is 0 Å². The summed E-state index contributed by atoms with van der Waals surface area (Å²) in [5.41, 5.74) is 3.47. The van der Waals surface area contributed by atoms with Crippen molar-refractivity contribution in [1.82, 2.24) is 25.3 Å². The van der Waals surface area contributed by atoms with E-state index in [0.717, 1.165) is 42.1 Å². The summed E-state index contributed by atoms with van der Waals surface area (Å²) in [6, 6.07) is 8.52. The lowest BCUT2D eigenvalue weighted by Gasteiger charge is -2.21. The highest BCUT2D eigenvalue weighted by molar-refractivity contribution is 7.16. The molecule has 1 aromatic carbocycles. The minimum absolute atomic E-state index is 0. The SMILES string of the molecule is Cc1ccc(-c2nc(NC(=O)c3cn(C4CCNCC4)nn3)sc2C)cc1.Cl. The second-order valence-electron chi connectivity index (χ2n) is 6.81. The Hall–Kier alpha value is -2.29. The fourth-order valence-corrected chi connectivity index (χ4v) is 4.05. The van der Waals surface area contributed by atoms with Crippen LogP contribution in [0.25, 0.3) is 11.3 Å². The number of thiazole rings is 1. The maximum atomic E-state index is 12.5. The maximum absolute atomic E-state index is 12.5. The van der Waals surface area contributed by atoms with E-state index in [0.29, 0.717) is 16.9 Å². The van der Waals surface area contributed by atoms with Crippen LogP contribution in [0.4, 0.5) is 5.13 Å². The number of hydrogen-bond donors (Lipinski definition) is 2. The Morgan fingerprint density at radius 1 is 1.21 bits per heavy atom. The quantitative estimate of drug-likeness (QED) is 0.676. The van der Waals surface area contributed by atoms with Gasteiger partial charge in [0.1, 0.15) is 0 Å². The number of carbonyl (C=O) groups excluding carboxylic acids is 1. The third kappa shape index (κ3) is 4.40. The van der Waals surface area contributed by atoms with Crippen molar-refractivity contribution in [3.05, 3.63) is 46.6 Å². The van der Waals surface area contributed by atoms with E-state index < -0.39 is 0 Å². The minimum atomic E-state index is -0.278. The first-order chi connectivity index (χ1) is 13.1.